The standard InChI is InChI=1S/C12H12N2OS/c1-9-3-5-10(6-4-9)14-8-7-11(16-2)13-12(14)15/h3-8H,1-2H3. The van der Waals surface area contributed by atoms with Crippen molar-refractivity contribution in [1.82, 2.24) is 9.55 Å². The molecule has 0 saturated heterocycles. The summed E-state index contributed by atoms with van der Waals surface area (Å²) in [6.07, 6.45) is 3.66. The molecule has 16 heavy (non-hydrogen) atoms. The van der Waals surface area contributed by atoms with Crippen LogP contribution in [0.3, 0.4) is 0 Å². The molecule has 0 amide bonds. The first-order valence-corrected chi connectivity index (χ1v) is 6.14. The number of nitrogens with zero attached hydrogens (tertiary/aromatic N) is 2. The highest BCUT2D eigenvalue weighted by molar-refractivity contribution is 7.98. The Kier molecular flexibility index (Phi) is 3.10. The maximum absolute atomic E-state index is 11.7. The minimum atomic E-state index is -0.240. The van der Waals surface area contributed by atoms with Gasteiger partial charge in [-0.3, -0.25) is 4.57 Å². The summed E-state index contributed by atoms with van der Waals surface area (Å²) in [5.74, 6) is 0. The van der Waals surface area contributed by atoms with Gasteiger partial charge in [-0.2, -0.15) is 4.98 Å². The van der Waals surface area contributed by atoms with Gasteiger partial charge in [0.05, 0.1) is 5.69 Å². The smallest absolute Gasteiger partial charge is 0.268 e. The maximum atomic E-state index is 11.7. The molecule has 0 atom stereocenters. The highest BCUT2D eigenvalue weighted by Gasteiger charge is 2.01. The third kappa shape index (κ3) is 2.17. The minimum absolute atomic E-state index is 0.240. The predicted octanol–water partition coefficient (Wildman–Crippen LogP) is 2.26. The number of aromatic nitrogens is 2. The molecule has 0 N–H and O–H groups in total. The van der Waals surface area contributed by atoms with Crippen LogP contribution in [0, 0.1) is 6.92 Å². The SMILES string of the molecule is CSc1ccn(-c2ccc(C)cc2)c(=O)n1. The van der Waals surface area contributed by atoms with Crippen LogP contribution in [0.25, 0.3) is 5.69 Å². The lowest BCUT2D eigenvalue weighted by atomic mass is 10.2. The fourth-order valence-corrected chi connectivity index (χ4v) is 1.77. The Labute approximate surface area is 98.2 Å². The van der Waals surface area contributed by atoms with Gasteiger partial charge in [0.15, 0.2) is 0 Å². The highest BCUT2D eigenvalue weighted by Crippen LogP contribution is 2.10. The number of rotatable bonds is 2. The van der Waals surface area contributed by atoms with Crippen molar-refractivity contribution in [2.45, 2.75) is 11.9 Å². The van der Waals surface area contributed by atoms with E-state index in [4.69, 9.17) is 0 Å². The third-order valence-electron chi connectivity index (χ3n) is 2.30. The van der Waals surface area contributed by atoms with Crippen molar-refractivity contribution in [3.8, 4) is 5.69 Å². The quantitative estimate of drug-likeness (QED) is 0.588. The number of hydrogen-bond acceptors (Lipinski definition) is 3. The summed E-state index contributed by atoms with van der Waals surface area (Å²) < 4.78 is 1.54. The summed E-state index contributed by atoms with van der Waals surface area (Å²) in [7, 11) is 0. The van der Waals surface area contributed by atoms with E-state index in [1.54, 1.807) is 10.8 Å². The van der Waals surface area contributed by atoms with E-state index in [-0.39, 0.29) is 5.69 Å². The van der Waals surface area contributed by atoms with Crippen LogP contribution in [-0.2, 0) is 0 Å². The number of benzene rings is 1. The summed E-state index contributed by atoms with van der Waals surface area (Å²) in [6.45, 7) is 2.02. The van der Waals surface area contributed by atoms with E-state index < -0.39 is 0 Å². The lowest BCUT2D eigenvalue weighted by Gasteiger charge is -2.05. The number of hydrogen-bond donors (Lipinski definition) is 0. The zero-order valence-electron chi connectivity index (χ0n) is 9.18. The normalized spacial score (nSPS) is 10.4. The van der Waals surface area contributed by atoms with Gasteiger partial charge in [-0.25, -0.2) is 4.79 Å². The summed E-state index contributed by atoms with van der Waals surface area (Å²) in [5, 5.41) is 0.744. The fourth-order valence-electron chi connectivity index (χ4n) is 1.40. The lowest BCUT2D eigenvalue weighted by Crippen LogP contribution is -2.20. The molecule has 2 aromatic rings. The predicted molar refractivity (Wildman–Crippen MR) is 66.4 cm³/mol. The Balaban J connectivity index is 2.48. The van der Waals surface area contributed by atoms with Crippen molar-refractivity contribution in [2.24, 2.45) is 0 Å². The Morgan fingerprint density at radius 3 is 2.44 bits per heavy atom. The molecule has 0 saturated carbocycles. The number of thioether (sulfide) groups is 1. The van der Waals surface area contributed by atoms with Crippen molar-refractivity contribution in [3.05, 3.63) is 52.6 Å². The van der Waals surface area contributed by atoms with Crippen LogP contribution < -0.4 is 5.69 Å². The molecule has 0 aliphatic rings. The Morgan fingerprint density at radius 2 is 1.88 bits per heavy atom. The van der Waals surface area contributed by atoms with E-state index in [0.29, 0.717) is 0 Å². The van der Waals surface area contributed by atoms with E-state index in [2.05, 4.69) is 4.98 Å². The molecule has 1 heterocycles. The van der Waals surface area contributed by atoms with Crippen LogP contribution in [0.15, 0.2) is 46.3 Å². The second-order valence-electron chi connectivity index (χ2n) is 3.46. The van der Waals surface area contributed by atoms with Crippen LogP contribution in [0.1, 0.15) is 5.56 Å². The second kappa shape index (κ2) is 4.53. The van der Waals surface area contributed by atoms with Crippen LogP contribution in [-0.4, -0.2) is 15.8 Å². The van der Waals surface area contributed by atoms with E-state index >= 15 is 0 Å². The van der Waals surface area contributed by atoms with Crippen molar-refractivity contribution >= 4 is 11.8 Å². The molecule has 0 aliphatic carbocycles. The zero-order valence-corrected chi connectivity index (χ0v) is 9.99. The molecule has 0 unspecified atom stereocenters. The van der Waals surface area contributed by atoms with E-state index in [9.17, 15) is 4.79 Å². The van der Waals surface area contributed by atoms with Crippen molar-refractivity contribution < 1.29 is 0 Å². The van der Waals surface area contributed by atoms with Gasteiger partial charge in [0.25, 0.3) is 0 Å². The molecule has 82 valence electrons. The molecule has 0 fully saturated rings. The van der Waals surface area contributed by atoms with Gasteiger partial charge in [-0.05, 0) is 31.4 Å². The van der Waals surface area contributed by atoms with Crippen LogP contribution in [0.5, 0.6) is 0 Å². The maximum Gasteiger partial charge on any atom is 0.353 e. The molecule has 2 rings (SSSR count). The molecule has 1 aromatic heterocycles. The van der Waals surface area contributed by atoms with Crippen molar-refractivity contribution in [1.29, 1.82) is 0 Å². The molecule has 0 bridgehead atoms. The van der Waals surface area contributed by atoms with Crippen LogP contribution in [0.4, 0.5) is 0 Å². The Bertz CT molecular complexity index is 546. The summed E-state index contributed by atoms with van der Waals surface area (Å²) >= 11 is 1.46. The highest BCUT2D eigenvalue weighted by atomic mass is 32.2. The molecule has 4 heteroatoms. The molecule has 0 radical (unpaired) electrons. The fraction of sp³-hybridized carbons (Fsp3) is 0.167. The van der Waals surface area contributed by atoms with Crippen molar-refractivity contribution in [2.75, 3.05) is 6.26 Å². The average molecular weight is 232 g/mol. The van der Waals surface area contributed by atoms with Gasteiger partial charge < -0.3 is 0 Å². The van der Waals surface area contributed by atoms with Gasteiger partial charge in [0.2, 0.25) is 0 Å². The first-order chi connectivity index (χ1) is 7.70. The first kappa shape index (κ1) is 11.0. The van der Waals surface area contributed by atoms with E-state index in [1.165, 1.54) is 17.3 Å². The first-order valence-electron chi connectivity index (χ1n) is 4.91. The van der Waals surface area contributed by atoms with Crippen LogP contribution in [0.2, 0.25) is 0 Å². The second-order valence-corrected chi connectivity index (χ2v) is 4.28. The van der Waals surface area contributed by atoms with Crippen LogP contribution >= 0.6 is 11.8 Å². The summed E-state index contributed by atoms with van der Waals surface area (Å²) in [6, 6.07) is 9.62. The molecule has 0 aliphatic heterocycles. The molecule has 3 nitrogen and oxygen atoms in total. The Morgan fingerprint density at radius 1 is 1.19 bits per heavy atom. The van der Waals surface area contributed by atoms with Gasteiger partial charge >= 0.3 is 5.69 Å². The van der Waals surface area contributed by atoms with Crippen molar-refractivity contribution in [3.63, 3.8) is 0 Å². The van der Waals surface area contributed by atoms with Gasteiger partial charge in [-0.15, -0.1) is 11.8 Å². The molecule has 1 aromatic carbocycles. The molecule has 0 spiro atoms. The van der Waals surface area contributed by atoms with E-state index in [1.807, 2.05) is 43.5 Å². The van der Waals surface area contributed by atoms with E-state index in [0.717, 1.165) is 10.7 Å². The Hall–Kier alpha value is -1.55. The lowest BCUT2D eigenvalue weighted by molar-refractivity contribution is 0.867. The summed E-state index contributed by atoms with van der Waals surface area (Å²) in [5.41, 5.74) is 1.77. The minimum Gasteiger partial charge on any atom is -0.268 e. The summed E-state index contributed by atoms with van der Waals surface area (Å²) in [4.78, 5) is 15.7. The van der Waals surface area contributed by atoms with Gasteiger partial charge in [-0.1, -0.05) is 17.7 Å². The van der Waals surface area contributed by atoms with Gasteiger partial charge in [0.1, 0.15) is 5.03 Å². The topological polar surface area (TPSA) is 34.9 Å². The third-order valence-corrected chi connectivity index (χ3v) is 2.95. The number of aryl methyl sites for hydroxylation is 1. The molecular formula is C12H12N2OS. The van der Waals surface area contributed by atoms with Gasteiger partial charge in [0, 0.05) is 6.20 Å². The average Bonchev–Trinajstić information content (AvgIpc) is 2.30. The largest absolute Gasteiger partial charge is 0.353 e. The molecular weight excluding hydrogens is 220 g/mol. The zero-order chi connectivity index (χ0) is 11.5. The monoisotopic (exact) mass is 232 g/mol.